The average Bonchev–Trinajstić information content (AvgIpc) is 2.62. The first-order valence-electron chi connectivity index (χ1n) is 8.11. The molecular formula is C18H25FN2. The van der Waals surface area contributed by atoms with Crippen LogP contribution < -0.4 is 0 Å². The molecule has 2 nitrogen and oxygen atoms in total. The largest absolute Gasteiger partial charge is 0.344 e. The van der Waals surface area contributed by atoms with Crippen LogP contribution in [0.2, 0.25) is 0 Å². The Balaban J connectivity index is 2.02. The average molecular weight is 288 g/mol. The first-order chi connectivity index (χ1) is 10.2. The third-order valence-electron chi connectivity index (χ3n) is 4.58. The fraction of sp³-hybridized carbons (Fsp3) is 0.556. The summed E-state index contributed by atoms with van der Waals surface area (Å²) in [6.07, 6.45) is 7.19. The summed E-state index contributed by atoms with van der Waals surface area (Å²) >= 11 is 0. The summed E-state index contributed by atoms with van der Waals surface area (Å²) in [5.41, 5.74) is 4.10. The van der Waals surface area contributed by atoms with Crippen LogP contribution in [0.15, 0.2) is 18.2 Å². The highest BCUT2D eigenvalue weighted by atomic mass is 19.1. The highest BCUT2D eigenvalue weighted by molar-refractivity contribution is 5.85. The summed E-state index contributed by atoms with van der Waals surface area (Å²) in [4.78, 5) is 2.23. The predicted octanol–water partition coefficient (Wildman–Crippen LogP) is 4.00. The molecule has 1 aliphatic carbocycles. The summed E-state index contributed by atoms with van der Waals surface area (Å²) < 4.78 is 16.1. The van der Waals surface area contributed by atoms with E-state index in [-0.39, 0.29) is 5.82 Å². The van der Waals surface area contributed by atoms with Crippen molar-refractivity contribution in [3.63, 3.8) is 0 Å². The van der Waals surface area contributed by atoms with Crippen LogP contribution in [-0.2, 0) is 19.4 Å². The number of fused-ring (bicyclic) bond motifs is 3. The molecule has 0 atom stereocenters. The Morgan fingerprint density at radius 3 is 2.76 bits per heavy atom. The molecule has 0 N–H and O–H groups in total. The molecule has 114 valence electrons. The Bertz CT molecular complexity index is 628. The maximum Gasteiger partial charge on any atom is 0.123 e. The highest BCUT2D eigenvalue weighted by Gasteiger charge is 2.19. The molecule has 1 aliphatic rings. The monoisotopic (exact) mass is 288 g/mol. The summed E-state index contributed by atoms with van der Waals surface area (Å²) in [6.45, 7) is 2.13. The van der Waals surface area contributed by atoms with E-state index in [0.717, 1.165) is 37.7 Å². The zero-order chi connectivity index (χ0) is 14.8. The van der Waals surface area contributed by atoms with Crippen molar-refractivity contribution in [1.82, 2.24) is 9.47 Å². The molecular weight excluding hydrogens is 263 g/mol. The molecule has 0 amide bonds. The Kier molecular flexibility index (Phi) is 4.29. The van der Waals surface area contributed by atoms with Crippen molar-refractivity contribution in [1.29, 1.82) is 0 Å². The molecule has 0 unspecified atom stereocenters. The van der Waals surface area contributed by atoms with Crippen molar-refractivity contribution in [3.8, 4) is 0 Å². The number of rotatable bonds is 4. The Labute approximate surface area is 126 Å². The normalized spacial score (nSPS) is 15.4. The van der Waals surface area contributed by atoms with Crippen LogP contribution in [0.5, 0.6) is 0 Å². The van der Waals surface area contributed by atoms with Crippen molar-refractivity contribution >= 4 is 10.9 Å². The van der Waals surface area contributed by atoms with Gasteiger partial charge in [-0.15, -0.1) is 0 Å². The number of halogens is 1. The predicted molar refractivity (Wildman–Crippen MR) is 86.3 cm³/mol. The van der Waals surface area contributed by atoms with Gasteiger partial charge in [-0.1, -0.05) is 6.42 Å². The fourth-order valence-corrected chi connectivity index (χ4v) is 3.59. The molecule has 3 rings (SSSR count). The van der Waals surface area contributed by atoms with E-state index in [0.29, 0.717) is 0 Å². The van der Waals surface area contributed by atoms with Crippen LogP contribution in [0.4, 0.5) is 4.39 Å². The summed E-state index contributed by atoms with van der Waals surface area (Å²) in [7, 11) is 4.23. The minimum atomic E-state index is -0.111. The van der Waals surface area contributed by atoms with Gasteiger partial charge in [-0.05, 0) is 76.5 Å². The molecule has 0 fully saturated rings. The van der Waals surface area contributed by atoms with E-state index >= 15 is 0 Å². The van der Waals surface area contributed by atoms with Crippen LogP contribution in [0.3, 0.4) is 0 Å². The summed E-state index contributed by atoms with van der Waals surface area (Å²) in [6, 6.07) is 5.31. The summed E-state index contributed by atoms with van der Waals surface area (Å²) in [5, 5.41) is 1.15. The minimum Gasteiger partial charge on any atom is -0.344 e. The van der Waals surface area contributed by atoms with Crippen molar-refractivity contribution in [3.05, 3.63) is 35.3 Å². The van der Waals surface area contributed by atoms with Crippen molar-refractivity contribution in [2.45, 2.75) is 45.1 Å². The lowest BCUT2D eigenvalue weighted by atomic mass is 10.1. The number of aryl methyl sites for hydroxylation is 2. The van der Waals surface area contributed by atoms with E-state index in [1.165, 1.54) is 36.0 Å². The first-order valence-corrected chi connectivity index (χ1v) is 8.11. The van der Waals surface area contributed by atoms with E-state index in [9.17, 15) is 4.39 Å². The second-order valence-corrected chi connectivity index (χ2v) is 6.46. The van der Waals surface area contributed by atoms with Gasteiger partial charge in [0.2, 0.25) is 0 Å². The number of aromatic nitrogens is 1. The maximum atomic E-state index is 13.7. The number of hydrogen-bond acceptors (Lipinski definition) is 1. The molecule has 0 saturated heterocycles. The molecule has 0 spiro atoms. The van der Waals surface area contributed by atoms with Gasteiger partial charge in [-0.25, -0.2) is 4.39 Å². The lowest BCUT2D eigenvalue weighted by Crippen LogP contribution is -2.15. The van der Waals surface area contributed by atoms with Gasteiger partial charge in [0.15, 0.2) is 0 Å². The van der Waals surface area contributed by atoms with Crippen molar-refractivity contribution in [2.24, 2.45) is 0 Å². The molecule has 0 bridgehead atoms. The number of benzene rings is 1. The van der Waals surface area contributed by atoms with Gasteiger partial charge in [-0.2, -0.15) is 0 Å². The smallest absolute Gasteiger partial charge is 0.123 e. The van der Waals surface area contributed by atoms with E-state index in [1.54, 1.807) is 12.1 Å². The van der Waals surface area contributed by atoms with Crippen LogP contribution in [-0.4, -0.2) is 30.1 Å². The fourth-order valence-electron chi connectivity index (χ4n) is 3.59. The third-order valence-corrected chi connectivity index (χ3v) is 4.58. The molecule has 1 aromatic carbocycles. The van der Waals surface area contributed by atoms with E-state index < -0.39 is 0 Å². The van der Waals surface area contributed by atoms with Crippen LogP contribution in [0.25, 0.3) is 10.9 Å². The Morgan fingerprint density at radius 2 is 1.95 bits per heavy atom. The second kappa shape index (κ2) is 6.18. The van der Waals surface area contributed by atoms with Gasteiger partial charge in [0.25, 0.3) is 0 Å². The van der Waals surface area contributed by atoms with Gasteiger partial charge in [0.05, 0.1) is 0 Å². The molecule has 1 heterocycles. The summed E-state index contributed by atoms with van der Waals surface area (Å²) in [5.74, 6) is -0.111. The lowest BCUT2D eigenvalue weighted by Gasteiger charge is -2.13. The van der Waals surface area contributed by atoms with Gasteiger partial charge in [0.1, 0.15) is 5.82 Å². The van der Waals surface area contributed by atoms with Crippen LogP contribution in [0, 0.1) is 5.82 Å². The second-order valence-electron chi connectivity index (χ2n) is 6.46. The van der Waals surface area contributed by atoms with E-state index in [1.807, 2.05) is 6.07 Å². The zero-order valence-corrected chi connectivity index (χ0v) is 13.2. The lowest BCUT2D eigenvalue weighted by molar-refractivity contribution is 0.386. The SMILES string of the molecule is CN(C)CCCn1c2c(c3cc(F)ccc31)CCCCC2. The van der Waals surface area contributed by atoms with Gasteiger partial charge in [0, 0.05) is 23.1 Å². The van der Waals surface area contributed by atoms with Crippen LogP contribution in [0.1, 0.15) is 36.9 Å². The molecule has 21 heavy (non-hydrogen) atoms. The molecule has 2 aromatic rings. The van der Waals surface area contributed by atoms with E-state index in [4.69, 9.17) is 0 Å². The molecule has 3 heteroatoms. The standard InChI is InChI=1S/C18H25FN2/c1-20(2)11-6-12-21-17-8-5-3-4-7-15(17)16-13-14(19)9-10-18(16)21/h9-10,13H,3-8,11-12H2,1-2H3. The molecule has 0 radical (unpaired) electrons. The maximum absolute atomic E-state index is 13.7. The quantitative estimate of drug-likeness (QED) is 0.772. The molecule has 0 aliphatic heterocycles. The molecule has 0 saturated carbocycles. The zero-order valence-electron chi connectivity index (χ0n) is 13.2. The molecule has 1 aromatic heterocycles. The third kappa shape index (κ3) is 2.98. The van der Waals surface area contributed by atoms with Gasteiger partial charge in [-0.3, -0.25) is 0 Å². The Hall–Kier alpha value is -1.35. The van der Waals surface area contributed by atoms with E-state index in [2.05, 4.69) is 23.6 Å². The number of hydrogen-bond donors (Lipinski definition) is 0. The van der Waals surface area contributed by atoms with Crippen molar-refractivity contribution in [2.75, 3.05) is 20.6 Å². The number of nitrogens with zero attached hydrogens (tertiary/aromatic N) is 2. The topological polar surface area (TPSA) is 8.17 Å². The Morgan fingerprint density at radius 1 is 1.14 bits per heavy atom. The van der Waals surface area contributed by atoms with Crippen LogP contribution >= 0.6 is 0 Å². The first kappa shape index (κ1) is 14.6. The van der Waals surface area contributed by atoms with Crippen molar-refractivity contribution < 1.29 is 4.39 Å². The van der Waals surface area contributed by atoms with Gasteiger partial charge >= 0.3 is 0 Å². The van der Waals surface area contributed by atoms with Gasteiger partial charge < -0.3 is 9.47 Å². The highest BCUT2D eigenvalue weighted by Crippen LogP contribution is 2.32. The minimum absolute atomic E-state index is 0.111.